The van der Waals surface area contributed by atoms with Crippen molar-refractivity contribution < 1.29 is 4.42 Å². The molecular formula is C16H27NO. The minimum Gasteiger partial charge on any atom is -0.469 e. The molecule has 0 bridgehead atoms. The fourth-order valence-corrected chi connectivity index (χ4v) is 3.24. The molecule has 1 aliphatic rings. The Morgan fingerprint density at radius 1 is 1.33 bits per heavy atom. The molecule has 0 aliphatic heterocycles. The van der Waals surface area contributed by atoms with Crippen molar-refractivity contribution in [1.82, 2.24) is 5.32 Å². The summed E-state index contributed by atoms with van der Waals surface area (Å²) in [7, 11) is 0. The van der Waals surface area contributed by atoms with Gasteiger partial charge in [0.15, 0.2) is 0 Å². The molecule has 1 heterocycles. The van der Waals surface area contributed by atoms with Crippen LogP contribution in [-0.2, 0) is 6.42 Å². The minimum absolute atomic E-state index is 0.692. The van der Waals surface area contributed by atoms with Gasteiger partial charge in [-0.25, -0.2) is 0 Å². The average molecular weight is 249 g/mol. The highest BCUT2D eigenvalue weighted by molar-refractivity contribution is 5.01. The third kappa shape index (κ3) is 3.61. The van der Waals surface area contributed by atoms with Crippen LogP contribution in [0.4, 0.5) is 0 Å². The molecule has 102 valence electrons. The van der Waals surface area contributed by atoms with Crippen LogP contribution in [0.5, 0.6) is 0 Å². The van der Waals surface area contributed by atoms with Crippen LogP contribution in [0.2, 0.25) is 0 Å². The predicted octanol–water partition coefficient (Wildman–Crippen LogP) is 4.02. The highest BCUT2D eigenvalue weighted by Crippen LogP contribution is 2.33. The van der Waals surface area contributed by atoms with E-state index in [9.17, 15) is 0 Å². The molecule has 1 aromatic rings. The van der Waals surface area contributed by atoms with E-state index in [1.165, 1.54) is 32.1 Å². The maximum Gasteiger partial charge on any atom is 0.104 e. The molecule has 1 aromatic heterocycles. The quantitative estimate of drug-likeness (QED) is 0.824. The molecule has 0 aromatic carbocycles. The van der Waals surface area contributed by atoms with E-state index in [-0.39, 0.29) is 0 Å². The van der Waals surface area contributed by atoms with Gasteiger partial charge in [0.05, 0.1) is 6.26 Å². The smallest absolute Gasteiger partial charge is 0.104 e. The van der Waals surface area contributed by atoms with Crippen molar-refractivity contribution in [3.8, 4) is 0 Å². The van der Waals surface area contributed by atoms with Gasteiger partial charge in [-0.2, -0.15) is 0 Å². The standard InChI is InChI=1S/C16H27NO/c1-3-9-17-16-8-7-13(4-2)11-14(16)12-15-6-5-10-18-15/h5-6,10,13-14,16-17H,3-4,7-9,11-12H2,1-2H3. The first-order valence-corrected chi connectivity index (χ1v) is 7.59. The lowest BCUT2D eigenvalue weighted by molar-refractivity contribution is 0.191. The molecule has 0 saturated heterocycles. The van der Waals surface area contributed by atoms with Crippen LogP contribution < -0.4 is 5.32 Å². The maximum absolute atomic E-state index is 5.53. The fraction of sp³-hybridized carbons (Fsp3) is 0.750. The molecule has 0 amide bonds. The van der Waals surface area contributed by atoms with Crippen molar-refractivity contribution in [2.24, 2.45) is 11.8 Å². The fourth-order valence-electron chi connectivity index (χ4n) is 3.24. The maximum atomic E-state index is 5.53. The summed E-state index contributed by atoms with van der Waals surface area (Å²) >= 11 is 0. The molecule has 2 nitrogen and oxygen atoms in total. The van der Waals surface area contributed by atoms with Crippen LogP contribution in [0.1, 0.15) is 51.7 Å². The van der Waals surface area contributed by atoms with E-state index in [0.29, 0.717) is 6.04 Å². The van der Waals surface area contributed by atoms with E-state index in [1.54, 1.807) is 6.26 Å². The first kappa shape index (κ1) is 13.7. The zero-order chi connectivity index (χ0) is 12.8. The molecule has 1 fully saturated rings. The van der Waals surface area contributed by atoms with Crippen LogP contribution in [0.15, 0.2) is 22.8 Å². The number of hydrogen-bond donors (Lipinski definition) is 1. The van der Waals surface area contributed by atoms with Crippen molar-refractivity contribution in [2.75, 3.05) is 6.54 Å². The van der Waals surface area contributed by atoms with E-state index >= 15 is 0 Å². The Morgan fingerprint density at radius 3 is 2.89 bits per heavy atom. The predicted molar refractivity (Wildman–Crippen MR) is 75.6 cm³/mol. The van der Waals surface area contributed by atoms with Crippen LogP contribution in [0, 0.1) is 11.8 Å². The normalized spacial score (nSPS) is 28.4. The van der Waals surface area contributed by atoms with Gasteiger partial charge in [-0.05, 0) is 56.2 Å². The van der Waals surface area contributed by atoms with Gasteiger partial charge in [0, 0.05) is 12.5 Å². The lowest BCUT2D eigenvalue weighted by atomic mass is 9.75. The SMILES string of the molecule is CCCNC1CCC(CC)CC1Cc1ccco1. The van der Waals surface area contributed by atoms with Gasteiger partial charge < -0.3 is 9.73 Å². The first-order chi connectivity index (χ1) is 8.83. The second-order valence-corrected chi connectivity index (χ2v) is 5.69. The van der Waals surface area contributed by atoms with E-state index < -0.39 is 0 Å². The van der Waals surface area contributed by atoms with Gasteiger partial charge >= 0.3 is 0 Å². The molecule has 1 saturated carbocycles. The molecular weight excluding hydrogens is 222 g/mol. The Bertz CT molecular complexity index is 320. The van der Waals surface area contributed by atoms with E-state index in [0.717, 1.165) is 30.6 Å². The van der Waals surface area contributed by atoms with Crippen molar-refractivity contribution in [2.45, 2.75) is 58.4 Å². The molecule has 18 heavy (non-hydrogen) atoms. The molecule has 3 atom stereocenters. The summed E-state index contributed by atoms with van der Waals surface area (Å²) in [4.78, 5) is 0. The number of rotatable bonds is 6. The van der Waals surface area contributed by atoms with Gasteiger partial charge in [0.1, 0.15) is 5.76 Å². The van der Waals surface area contributed by atoms with Crippen molar-refractivity contribution in [1.29, 1.82) is 0 Å². The molecule has 1 aliphatic carbocycles. The second kappa shape index (κ2) is 6.98. The minimum atomic E-state index is 0.692. The number of nitrogens with one attached hydrogen (secondary N) is 1. The van der Waals surface area contributed by atoms with Gasteiger partial charge in [-0.15, -0.1) is 0 Å². The second-order valence-electron chi connectivity index (χ2n) is 5.69. The third-order valence-electron chi connectivity index (χ3n) is 4.37. The first-order valence-electron chi connectivity index (χ1n) is 7.59. The largest absolute Gasteiger partial charge is 0.469 e. The summed E-state index contributed by atoms with van der Waals surface area (Å²) < 4.78 is 5.53. The van der Waals surface area contributed by atoms with Gasteiger partial charge in [0.2, 0.25) is 0 Å². The van der Waals surface area contributed by atoms with Crippen LogP contribution in [-0.4, -0.2) is 12.6 Å². The summed E-state index contributed by atoms with van der Waals surface area (Å²) in [5.74, 6) is 2.83. The van der Waals surface area contributed by atoms with Gasteiger partial charge in [0.25, 0.3) is 0 Å². The van der Waals surface area contributed by atoms with Crippen LogP contribution in [0.3, 0.4) is 0 Å². The number of furan rings is 1. The van der Waals surface area contributed by atoms with Crippen LogP contribution in [0.25, 0.3) is 0 Å². The Labute approximate surface area is 111 Å². The molecule has 3 unspecified atom stereocenters. The molecule has 1 N–H and O–H groups in total. The molecule has 0 spiro atoms. The topological polar surface area (TPSA) is 25.2 Å². The van der Waals surface area contributed by atoms with E-state index in [1.807, 2.05) is 6.07 Å². The summed E-state index contributed by atoms with van der Waals surface area (Å²) in [6.45, 7) is 5.72. The average Bonchev–Trinajstić information content (AvgIpc) is 2.90. The molecule has 2 rings (SSSR count). The highest BCUT2D eigenvalue weighted by atomic mass is 16.3. The lowest BCUT2D eigenvalue weighted by Gasteiger charge is -2.36. The Balaban J connectivity index is 1.94. The summed E-state index contributed by atoms with van der Waals surface area (Å²) in [6.07, 6.45) is 9.54. The van der Waals surface area contributed by atoms with Gasteiger partial charge in [-0.1, -0.05) is 20.3 Å². The Morgan fingerprint density at radius 2 is 2.22 bits per heavy atom. The number of hydrogen-bond acceptors (Lipinski definition) is 2. The van der Waals surface area contributed by atoms with Crippen molar-refractivity contribution in [3.63, 3.8) is 0 Å². The van der Waals surface area contributed by atoms with Gasteiger partial charge in [-0.3, -0.25) is 0 Å². The Kier molecular flexibility index (Phi) is 5.30. The zero-order valence-electron chi connectivity index (χ0n) is 11.8. The summed E-state index contributed by atoms with van der Waals surface area (Å²) in [5.41, 5.74) is 0. The monoisotopic (exact) mass is 249 g/mol. The van der Waals surface area contributed by atoms with E-state index in [4.69, 9.17) is 4.42 Å². The third-order valence-corrected chi connectivity index (χ3v) is 4.37. The summed E-state index contributed by atoms with van der Waals surface area (Å²) in [6, 6.07) is 4.81. The zero-order valence-corrected chi connectivity index (χ0v) is 11.8. The molecule has 0 radical (unpaired) electrons. The van der Waals surface area contributed by atoms with Crippen LogP contribution >= 0.6 is 0 Å². The summed E-state index contributed by atoms with van der Waals surface area (Å²) in [5, 5.41) is 3.74. The lowest BCUT2D eigenvalue weighted by Crippen LogP contribution is -2.41. The highest BCUT2D eigenvalue weighted by Gasteiger charge is 2.29. The Hall–Kier alpha value is -0.760. The van der Waals surface area contributed by atoms with E-state index in [2.05, 4.69) is 25.2 Å². The van der Waals surface area contributed by atoms with Crippen molar-refractivity contribution >= 4 is 0 Å². The molecule has 2 heteroatoms. The van der Waals surface area contributed by atoms with Crippen molar-refractivity contribution in [3.05, 3.63) is 24.2 Å².